The van der Waals surface area contributed by atoms with E-state index >= 15 is 0 Å². The summed E-state index contributed by atoms with van der Waals surface area (Å²) in [5.41, 5.74) is 5.59. The number of hydrogen-bond donors (Lipinski definition) is 5. The highest BCUT2D eigenvalue weighted by Gasteiger charge is 2.39. The minimum absolute atomic E-state index is 0.155. The van der Waals surface area contributed by atoms with Gasteiger partial charge in [-0.2, -0.15) is 0 Å². The van der Waals surface area contributed by atoms with Crippen molar-refractivity contribution in [1.29, 1.82) is 5.41 Å². The maximum Gasteiger partial charge on any atom is 0.251 e. The van der Waals surface area contributed by atoms with Crippen molar-refractivity contribution >= 4 is 29.5 Å². The van der Waals surface area contributed by atoms with E-state index < -0.39 is 48.3 Å². The number of benzene rings is 1. The van der Waals surface area contributed by atoms with Crippen LogP contribution in [0.1, 0.15) is 49.9 Å². The number of methoxy groups -OCH3 is 1. The van der Waals surface area contributed by atoms with Crippen LogP contribution in [-0.4, -0.2) is 79.4 Å². The van der Waals surface area contributed by atoms with Crippen LogP contribution in [0.25, 0.3) is 0 Å². The molecule has 1 aromatic rings. The van der Waals surface area contributed by atoms with Crippen molar-refractivity contribution < 1.29 is 28.3 Å². The molecule has 1 aromatic carbocycles. The first-order valence-corrected chi connectivity index (χ1v) is 12.3. The third-order valence-electron chi connectivity index (χ3n) is 6.23. The Hall–Kier alpha value is -3.70. The summed E-state index contributed by atoms with van der Waals surface area (Å²) in [6.07, 6.45) is 1.49. The molecule has 0 aromatic heterocycles. The molecule has 6 N–H and O–H groups in total. The Bertz CT molecular complexity index is 971. The molecule has 1 heterocycles. The molecule has 0 saturated carbocycles. The summed E-state index contributed by atoms with van der Waals surface area (Å²) in [5, 5.41) is 15.1. The molecule has 2 rings (SSSR count). The first-order chi connectivity index (χ1) is 17.6. The number of rotatable bonds is 13. The minimum atomic E-state index is -1.23. The Morgan fingerprint density at radius 3 is 2.43 bits per heavy atom. The van der Waals surface area contributed by atoms with Crippen LogP contribution in [0.3, 0.4) is 0 Å². The van der Waals surface area contributed by atoms with Gasteiger partial charge in [0.15, 0.2) is 11.7 Å². The van der Waals surface area contributed by atoms with Crippen LogP contribution in [-0.2, 0) is 14.4 Å². The van der Waals surface area contributed by atoms with Crippen molar-refractivity contribution in [1.82, 2.24) is 20.9 Å². The predicted molar refractivity (Wildman–Crippen MR) is 136 cm³/mol. The van der Waals surface area contributed by atoms with Gasteiger partial charge in [-0.3, -0.25) is 24.6 Å². The van der Waals surface area contributed by atoms with Crippen LogP contribution < -0.4 is 26.4 Å². The number of ether oxygens (including phenoxy) is 1. The zero-order valence-electron chi connectivity index (χ0n) is 21.5. The molecule has 1 aliphatic rings. The Morgan fingerprint density at radius 2 is 1.86 bits per heavy atom. The number of ketones is 1. The average molecular weight is 521 g/mol. The van der Waals surface area contributed by atoms with Gasteiger partial charge in [0, 0.05) is 18.7 Å². The highest BCUT2D eigenvalue weighted by Crippen LogP contribution is 2.21. The van der Waals surface area contributed by atoms with Gasteiger partial charge in [0.2, 0.25) is 11.8 Å². The van der Waals surface area contributed by atoms with Gasteiger partial charge < -0.3 is 31.3 Å². The number of carbonyl (C=O) groups excluding carboxylic acids is 4. The molecule has 204 valence electrons. The first-order valence-electron chi connectivity index (χ1n) is 12.3. The molecule has 3 atom stereocenters. The number of alkyl halides is 1. The lowest BCUT2D eigenvalue weighted by molar-refractivity contribution is -0.141. The van der Waals surface area contributed by atoms with Crippen LogP contribution in [0.15, 0.2) is 24.3 Å². The zero-order valence-corrected chi connectivity index (χ0v) is 21.5. The van der Waals surface area contributed by atoms with Gasteiger partial charge in [0.1, 0.15) is 24.5 Å². The average Bonchev–Trinajstić information content (AvgIpc) is 3.38. The second-order valence-electron chi connectivity index (χ2n) is 9.26. The van der Waals surface area contributed by atoms with Gasteiger partial charge in [0.05, 0.1) is 13.2 Å². The summed E-state index contributed by atoms with van der Waals surface area (Å²) in [7, 11) is 1.52. The monoisotopic (exact) mass is 520 g/mol. The van der Waals surface area contributed by atoms with E-state index in [2.05, 4.69) is 16.0 Å². The SMILES string of the molecule is COc1ccc(C(=O)N[C@H](C(=O)N2CCC[C@H]2C(=O)N[C@@H](CCCNC(=N)N)C(=O)CF)C(C)C)cc1. The van der Waals surface area contributed by atoms with Crippen LogP contribution in [0.5, 0.6) is 5.75 Å². The van der Waals surface area contributed by atoms with Crippen molar-refractivity contribution in [3.63, 3.8) is 0 Å². The second-order valence-corrected chi connectivity index (χ2v) is 9.26. The lowest BCUT2D eigenvalue weighted by atomic mass is 10.0. The minimum Gasteiger partial charge on any atom is -0.497 e. The molecular weight excluding hydrogens is 483 g/mol. The van der Waals surface area contributed by atoms with E-state index in [1.54, 1.807) is 38.1 Å². The number of nitrogens with two attached hydrogens (primary N) is 1. The number of hydrogen-bond acceptors (Lipinski definition) is 6. The van der Waals surface area contributed by atoms with Crippen LogP contribution in [0.2, 0.25) is 0 Å². The van der Waals surface area contributed by atoms with E-state index in [4.69, 9.17) is 15.9 Å². The molecule has 0 bridgehead atoms. The number of guanidine groups is 1. The normalized spacial score (nSPS) is 16.6. The van der Waals surface area contributed by atoms with Gasteiger partial charge in [-0.25, -0.2) is 4.39 Å². The van der Waals surface area contributed by atoms with Crippen molar-refractivity contribution in [3.8, 4) is 5.75 Å². The predicted octanol–water partition coefficient (Wildman–Crippen LogP) is 0.727. The van der Waals surface area contributed by atoms with E-state index in [0.717, 1.165) is 0 Å². The van der Waals surface area contributed by atoms with E-state index in [1.807, 2.05) is 0 Å². The Kier molecular flexibility index (Phi) is 11.3. The van der Waals surface area contributed by atoms with Crippen molar-refractivity contribution in [2.75, 3.05) is 26.9 Å². The molecule has 1 aliphatic heterocycles. The number of amides is 3. The topological polar surface area (TPSA) is 167 Å². The fourth-order valence-electron chi connectivity index (χ4n) is 4.17. The third kappa shape index (κ3) is 8.43. The van der Waals surface area contributed by atoms with Gasteiger partial charge in [-0.15, -0.1) is 0 Å². The molecule has 11 nitrogen and oxygen atoms in total. The van der Waals surface area contributed by atoms with Gasteiger partial charge in [-0.05, 0) is 55.9 Å². The molecule has 0 unspecified atom stereocenters. The zero-order chi connectivity index (χ0) is 27.5. The molecule has 0 radical (unpaired) electrons. The van der Waals surface area contributed by atoms with Gasteiger partial charge in [-0.1, -0.05) is 13.8 Å². The molecular formula is C25H37FN6O5. The number of nitrogens with zero attached hydrogens (tertiary/aromatic N) is 1. The van der Waals surface area contributed by atoms with Crippen molar-refractivity contribution in [2.24, 2.45) is 11.7 Å². The van der Waals surface area contributed by atoms with Gasteiger partial charge in [0.25, 0.3) is 5.91 Å². The van der Waals surface area contributed by atoms with Gasteiger partial charge >= 0.3 is 0 Å². The molecule has 0 aliphatic carbocycles. The lowest BCUT2D eigenvalue weighted by Gasteiger charge is -2.31. The first kappa shape index (κ1) is 29.5. The smallest absolute Gasteiger partial charge is 0.251 e. The Balaban J connectivity index is 2.08. The second kappa shape index (κ2) is 14.1. The van der Waals surface area contributed by atoms with Crippen LogP contribution in [0.4, 0.5) is 4.39 Å². The summed E-state index contributed by atoms with van der Waals surface area (Å²) < 4.78 is 18.2. The highest BCUT2D eigenvalue weighted by molar-refractivity contribution is 5.99. The lowest BCUT2D eigenvalue weighted by Crippen LogP contribution is -2.56. The molecule has 12 heteroatoms. The number of Topliss-reactive ketones (excluding diaryl/α,β-unsaturated/α-hetero) is 1. The number of likely N-dealkylation sites (tertiary alicyclic amines) is 1. The maximum absolute atomic E-state index is 13.5. The summed E-state index contributed by atoms with van der Waals surface area (Å²) in [6.45, 7) is 2.98. The highest BCUT2D eigenvalue weighted by atomic mass is 19.1. The summed E-state index contributed by atoms with van der Waals surface area (Å²) in [6, 6.07) is 3.72. The van der Waals surface area contributed by atoms with E-state index in [1.165, 1.54) is 12.0 Å². The quantitative estimate of drug-likeness (QED) is 0.145. The summed E-state index contributed by atoms with van der Waals surface area (Å²) in [4.78, 5) is 52.9. The summed E-state index contributed by atoms with van der Waals surface area (Å²) >= 11 is 0. The Morgan fingerprint density at radius 1 is 1.19 bits per heavy atom. The molecule has 1 saturated heterocycles. The molecule has 0 spiro atoms. The summed E-state index contributed by atoms with van der Waals surface area (Å²) in [5.74, 6) is -2.01. The maximum atomic E-state index is 13.5. The number of halogens is 1. The largest absolute Gasteiger partial charge is 0.497 e. The molecule has 3 amide bonds. The van der Waals surface area contributed by atoms with Crippen LogP contribution >= 0.6 is 0 Å². The molecule has 37 heavy (non-hydrogen) atoms. The number of carbonyl (C=O) groups is 4. The van der Waals surface area contributed by atoms with Crippen molar-refractivity contribution in [3.05, 3.63) is 29.8 Å². The third-order valence-corrected chi connectivity index (χ3v) is 6.23. The van der Waals surface area contributed by atoms with Crippen LogP contribution in [0, 0.1) is 11.3 Å². The van der Waals surface area contributed by atoms with E-state index in [9.17, 15) is 23.6 Å². The standard InChI is InChI=1S/C25H37FN6O5/c1-15(2)21(31-22(34)16-8-10-17(37-3)11-9-16)24(36)32-13-5-7-19(32)23(35)30-18(20(33)14-26)6-4-12-29-25(27)28/h8-11,15,18-19,21H,4-7,12-14H2,1-3H3,(H,30,35)(H,31,34)(H4,27,28,29)/t18-,19-,21-/m0/s1. The molecule has 1 fully saturated rings. The fourth-order valence-corrected chi connectivity index (χ4v) is 4.17. The van der Waals surface area contributed by atoms with E-state index in [0.29, 0.717) is 43.7 Å². The Labute approximate surface area is 216 Å². The fraction of sp³-hybridized carbons (Fsp3) is 0.560. The van der Waals surface area contributed by atoms with Crippen molar-refractivity contribution in [2.45, 2.75) is 57.7 Å². The van der Waals surface area contributed by atoms with E-state index in [-0.39, 0.29) is 18.3 Å². The number of nitrogens with one attached hydrogen (secondary N) is 4.